The fraction of sp³-hybridized carbons (Fsp3) is 0.897. The third-order valence-electron chi connectivity index (χ3n) is 10.8. The third kappa shape index (κ3) is 4.22. The van der Waals surface area contributed by atoms with Crippen LogP contribution in [0.2, 0.25) is 0 Å². The van der Waals surface area contributed by atoms with Crippen molar-refractivity contribution in [2.45, 2.75) is 118 Å². The number of fused-ring (bicyclic) bond motifs is 5. The van der Waals surface area contributed by atoms with Crippen molar-refractivity contribution in [3.63, 3.8) is 0 Å². The van der Waals surface area contributed by atoms with E-state index in [0.717, 1.165) is 30.6 Å². The summed E-state index contributed by atoms with van der Waals surface area (Å²) >= 11 is 0. The molecule has 4 rings (SSSR count). The first-order valence-electron chi connectivity index (χ1n) is 13.7. The van der Waals surface area contributed by atoms with Crippen molar-refractivity contribution in [1.29, 1.82) is 0 Å². The van der Waals surface area contributed by atoms with Crippen molar-refractivity contribution in [3.05, 3.63) is 11.6 Å². The van der Waals surface area contributed by atoms with E-state index in [-0.39, 0.29) is 0 Å². The van der Waals surface area contributed by atoms with Crippen molar-refractivity contribution in [2.24, 2.45) is 46.3 Å². The number of aliphatic hydroxyl groups excluding tert-OH is 2. The summed E-state index contributed by atoms with van der Waals surface area (Å²) in [5.74, 6) is 3.68. The van der Waals surface area contributed by atoms with Gasteiger partial charge in [0.05, 0.1) is 6.10 Å². The summed E-state index contributed by atoms with van der Waals surface area (Å²) in [6.45, 7) is 13.3. The summed E-state index contributed by atoms with van der Waals surface area (Å²) in [5, 5.41) is 22.3. The highest BCUT2D eigenvalue weighted by Gasteiger charge is 2.62. The van der Waals surface area contributed by atoms with Gasteiger partial charge in [-0.25, -0.2) is 0 Å². The predicted molar refractivity (Wildman–Crippen MR) is 131 cm³/mol. The fourth-order valence-electron chi connectivity index (χ4n) is 9.05. The van der Waals surface area contributed by atoms with Gasteiger partial charge in [0.15, 0.2) is 0 Å². The van der Waals surface area contributed by atoms with Crippen molar-refractivity contribution in [2.75, 3.05) is 0 Å². The van der Waals surface area contributed by atoms with Gasteiger partial charge in [-0.2, -0.15) is 0 Å². The largest absolute Gasteiger partial charge is 0.459 e. The summed E-state index contributed by atoms with van der Waals surface area (Å²) in [7, 11) is 0. The molecule has 4 aliphatic rings. The Morgan fingerprint density at radius 2 is 1.85 bits per heavy atom. The van der Waals surface area contributed by atoms with E-state index in [1.54, 1.807) is 0 Å². The summed E-state index contributed by atoms with van der Waals surface area (Å²) < 4.78 is 5.39. The number of aliphatic hydroxyl groups is 2. The first-order chi connectivity index (χ1) is 15.5. The van der Waals surface area contributed by atoms with Crippen LogP contribution in [0.5, 0.6) is 0 Å². The van der Waals surface area contributed by atoms with Crippen LogP contribution in [0.1, 0.15) is 99.3 Å². The molecular weight excluding hydrogens is 412 g/mol. The van der Waals surface area contributed by atoms with E-state index in [2.05, 4.69) is 40.7 Å². The topological polar surface area (TPSA) is 66.8 Å². The number of allylic oxidation sites excluding steroid dienone is 1. The predicted octanol–water partition coefficient (Wildman–Crippen LogP) is 5.90. The van der Waals surface area contributed by atoms with Gasteiger partial charge in [-0.3, -0.25) is 4.79 Å². The maximum absolute atomic E-state index is 11.5. The van der Waals surface area contributed by atoms with E-state index < -0.39 is 29.7 Å². The molecule has 4 nitrogen and oxygen atoms in total. The maximum Gasteiger partial charge on any atom is 0.303 e. The minimum atomic E-state index is -1.01. The Morgan fingerprint density at radius 1 is 1.12 bits per heavy atom. The first-order valence-corrected chi connectivity index (χ1v) is 13.7. The van der Waals surface area contributed by atoms with E-state index in [1.807, 2.05) is 0 Å². The molecule has 0 spiro atoms. The Bertz CT molecular complexity index is 759. The number of ether oxygens (including phenoxy) is 1. The molecule has 3 fully saturated rings. The number of carbonyl (C=O) groups is 1. The van der Waals surface area contributed by atoms with Gasteiger partial charge >= 0.3 is 5.97 Å². The van der Waals surface area contributed by atoms with Gasteiger partial charge in [-0.15, -0.1) is 0 Å². The maximum atomic E-state index is 11.5. The molecule has 0 aromatic rings. The Kier molecular flexibility index (Phi) is 7.11. The van der Waals surface area contributed by atoms with Crippen molar-refractivity contribution in [1.82, 2.24) is 0 Å². The lowest BCUT2D eigenvalue weighted by molar-refractivity contribution is -0.182. The average molecular weight is 461 g/mol. The summed E-state index contributed by atoms with van der Waals surface area (Å²) in [6, 6.07) is 0. The zero-order valence-corrected chi connectivity index (χ0v) is 21.8. The second-order valence-electron chi connectivity index (χ2n) is 12.9. The van der Waals surface area contributed by atoms with Crippen molar-refractivity contribution >= 4 is 5.97 Å². The van der Waals surface area contributed by atoms with E-state index in [1.165, 1.54) is 51.0 Å². The van der Waals surface area contributed by atoms with Gasteiger partial charge in [-0.05, 0) is 73.0 Å². The second-order valence-corrected chi connectivity index (χ2v) is 12.9. The molecule has 0 amide bonds. The minimum absolute atomic E-state index is 0.392. The Morgan fingerprint density at radius 3 is 2.52 bits per heavy atom. The van der Waals surface area contributed by atoms with Gasteiger partial charge < -0.3 is 14.9 Å². The van der Waals surface area contributed by atoms with E-state index >= 15 is 0 Å². The highest BCUT2D eigenvalue weighted by Crippen LogP contribution is 2.67. The molecule has 0 bridgehead atoms. The van der Waals surface area contributed by atoms with Crippen molar-refractivity contribution in [3.8, 4) is 0 Å². The van der Waals surface area contributed by atoms with Crippen LogP contribution in [-0.2, 0) is 9.53 Å². The average Bonchev–Trinajstić information content (AvgIpc) is 3.09. The number of hydrogen-bond acceptors (Lipinski definition) is 4. The molecule has 4 heteroatoms. The SMILES string of the molecule is CC(=O)O[C@@H]1CC2=CC[C@H]3[C@@H]4CC[C@H]([C@H](C)CCCC(C)C)[C@@]4(C)CC[C@@H]3[C@@]2(C)[C@@H](O)[C@H]1O. The molecule has 3 saturated carbocycles. The zero-order valence-electron chi connectivity index (χ0n) is 21.8. The van der Waals surface area contributed by atoms with Gasteiger partial charge in [0.2, 0.25) is 0 Å². The van der Waals surface area contributed by atoms with Crippen LogP contribution in [0.3, 0.4) is 0 Å². The fourth-order valence-corrected chi connectivity index (χ4v) is 9.05. The molecule has 0 unspecified atom stereocenters. The Balaban J connectivity index is 1.53. The van der Waals surface area contributed by atoms with E-state index in [4.69, 9.17) is 4.74 Å². The van der Waals surface area contributed by atoms with Crippen molar-refractivity contribution < 1.29 is 19.7 Å². The van der Waals surface area contributed by atoms with Crippen LogP contribution < -0.4 is 0 Å². The molecule has 0 aliphatic heterocycles. The molecule has 0 aromatic carbocycles. The highest BCUT2D eigenvalue weighted by molar-refractivity contribution is 5.66. The number of rotatable bonds is 6. The Labute approximate surface area is 201 Å². The minimum Gasteiger partial charge on any atom is -0.459 e. The summed E-state index contributed by atoms with van der Waals surface area (Å²) in [5.41, 5.74) is 1.19. The van der Waals surface area contributed by atoms with E-state index in [0.29, 0.717) is 29.6 Å². The Hall–Kier alpha value is -0.870. The molecule has 33 heavy (non-hydrogen) atoms. The van der Waals surface area contributed by atoms with Gasteiger partial charge in [-0.1, -0.05) is 65.5 Å². The van der Waals surface area contributed by atoms with Crippen LogP contribution in [0.25, 0.3) is 0 Å². The molecule has 2 N–H and O–H groups in total. The third-order valence-corrected chi connectivity index (χ3v) is 10.8. The van der Waals surface area contributed by atoms with Crippen LogP contribution in [0.15, 0.2) is 11.6 Å². The second kappa shape index (κ2) is 9.30. The molecular formula is C29H48O4. The zero-order chi connectivity index (χ0) is 24.1. The summed E-state index contributed by atoms with van der Waals surface area (Å²) in [6.07, 6.45) is 10.5. The van der Waals surface area contributed by atoms with Crippen LogP contribution >= 0.6 is 0 Å². The highest BCUT2D eigenvalue weighted by atomic mass is 16.6. The number of esters is 1. The monoisotopic (exact) mass is 460 g/mol. The molecule has 10 atom stereocenters. The molecule has 0 saturated heterocycles. The van der Waals surface area contributed by atoms with Gasteiger partial charge in [0.25, 0.3) is 0 Å². The van der Waals surface area contributed by atoms with Gasteiger partial charge in [0.1, 0.15) is 12.2 Å². The van der Waals surface area contributed by atoms with Gasteiger partial charge in [0, 0.05) is 18.8 Å². The molecule has 188 valence electrons. The lowest BCUT2D eigenvalue weighted by atomic mass is 9.46. The molecule has 4 aliphatic carbocycles. The van der Waals surface area contributed by atoms with Crippen LogP contribution in [0, 0.1) is 46.3 Å². The number of carbonyl (C=O) groups excluding carboxylic acids is 1. The smallest absolute Gasteiger partial charge is 0.303 e. The van der Waals surface area contributed by atoms with Crippen LogP contribution in [-0.4, -0.2) is 34.5 Å². The van der Waals surface area contributed by atoms with E-state index in [9.17, 15) is 15.0 Å². The van der Waals surface area contributed by atoms with Crippen LogP contribution in [0.4, 0.5) is 0 Å². The first kappa shape index (κ1) is 25.2. The molecule has 0 radical (unpaired) electrons. The lowest BCUT2D eigenvalue weighted by Gasteiger charge is -2.60. The molecule has 0 aromatic heterocycles. The number of hydrogen-bond donors (Lipinski definition) is 2. The quantitative estimate of drug-likeness (QED) is 0.382. The lowest BCUT2D eigenvalue weighted by Crippen LogP contribution is -2.61. The summed E-state index contributed by atoms with van der Waals surface area (Å²) in [4.78, 5) is 11.5. The molecule has 0 heterocycles. The normalized spacial score (nSPS) is 45.6. The standard InChI is InChI=1S/C29H48O4/c1-17(2)8-7-9-18(3)22-12-13-23-21-11-10-20-16-25(33-19(4)30)26(31)27(32)29(20,6)24(21)14-15-28(22,23)5/h10,17-18,21-27,31-32H,7-9,11-16H2,1-6H3/t18-,21+,22-,23+,24+,25-,26+,27+,28-,29+/m1/s1.